The van der Waals surface area contributed by atoms with E-state index < -0.39 is 6.43 Å². The Balaban J connectivity index is 3.35. The lowest BCUT2D eigenvalue weighted by molar-refractivity contribution is 0.149. The van der Waals surface area contributed by atoms with Crippen molar-refractivity contribution < 1.29 is 13.5 Å². The third-order valence-electron chi connectivity index (χ3n) is 1.68. The molecule has 6 heteroatoms. The summed E-state index contributed by atoms with van der Waals surface area (Å²) >= 11 is 6.16. The van der Waals surface area contributed by atoms with Crippen LogP contribution in [0.3, 0.4) is 0 Å². The van der Waals surface area contributed by atoms with Crippen LogP contribution in [0.5, 0.6) is 5.88 Å². The molecule has 2 nitrogen and oxygen atoms in total. The number of ether oxygens (including phenoxy) is 1. The molecule has 0 saturated heterocycles. The zero-order valence-electron chi connectivity index (χ0n) is 7.23. The van der Waals surface area contributed by atoms with Gasteiger partial charge in [0.1, 0.15) is 0 Å². The van der Waals surface area contributed by atoms with Crippen molar-refractivity contribution in [3.05, 3.63) is 21.8 Å². The van der Waals surface area contributed by atoms with Gasteiger partial charge in [0.15, 0.2) is 0 Å². The maximum absolute atomic E-state index is 12.7. The van der Waals surface area contributed by atoms with Gasteiger partial charge in [0, 0.05) is 27.1 Å². The van der Waals surface area contributed by atoms with Crippen molar-refractivity contribution in [2.45, 2.75) is 11.8 Å². The van der Waals surface area contributed by atoms with Crippen molar-refractivity contribution in [3.8, 4) is 5.88 Å². The first-order valence-corrected chi connectivity index (χ1v) is 5.58. The summed E-state index contributed by atoms with van der Waals surface area (Å²) in [6.07, 6.45) is -1.24. The van der Waals surface area contributed by atoms with Crippen LogP contribution in [0.15, 0.2) is 10.7 Å². The van der Waals surface area contributed by atoms with E-state index in [1.54, 1.807) is 0 Å². The lowest BCUT2D eigenvalue weighted by Gasteiger charge is -2.11. The van der Waals surface area contributed by atoms with Gasteiger partial charge in [-0.3, -0.25) is 0 Å². The normalized spacial score (nSPS) is 10.7. The van der Waals surface area contributed by atoms with Crippen LogP contribution in [0.2, 0.25) is 0 Å². The van der Waals surface area contributed by atoms with Gasteiger partial charge in [0.2, 0.25) is 5.88 Å². The lowest BCUT2D eigenvalue weighted by atomic mass is 10.1. The molecular formula is C8H7Br2F2NO. The standard InChI is InChI=1S/C8H7Br2F2NO/c1-14-8-4(2-9)6(7(11)12)5(10)3-13-8/h3,7H,2H2,1H3. The quantitative estimate of drug-likeness (QED) is 0.789. The number of pyridine rings is 1. The van der Waals surface area contributed by atoms with Crippen molar-refractivity contribution in [1.82, 2.24) is 4.98 Å². The van der Waals surface area contributed by atoms with E-state index in [0.29, 0.717) is 10.0 Å². The number of hydrogen-bond donors (Lipinski definition) is 0. The predicted octanol–water partition coefficient (Wildman–Crippen LogP) is 3.69. The summed E-state index contributed by atoms with van der Waals surface area (Å²) in [4.78, 5) is 3.88. The Bertz CT molecular complexity index is 333. The first-order chi connectivity index (χ1) is 6.61. The van der Waals surface area contributed by atoms with Crippen LogP contribution < -0.4 is 4.74 Å². The van der Waals surface area contributed by atoms with Crippen LogP contribution in [-0.2, 0) is 5.33 Å². The van der Waals surface area contributed by atoms with Gasteiger partial charge in [-0.1, -0.05) is 15.9 Å². The third-order valence-corrected chi connectivity index (χ3v) is 2.87. The first-order valence-electron chi connectivity index (χ1n) is 3.67. The van der Waals surface area contributed by atoms with Gasteiger partial charge in [-0.25, -0.2) is 13.8 Å². The van der Waals surface area contributed by atoms with E-state index in [1.807, 2.05) is 0 Å². The number of methoxy groups -OCH3 is 1. The molecule has 1 aromatic rings. The molecule has 0 atom stereocenters. The Morgan fingerprint density at radius 1 is 1.57 bits per heavy atom. The van der Waals surface area contributed by atoms with Crippen molar-refractivity contribution in [2.75, 3.05) is 7.11 Å². The second kappa shape index (κ2) is 5.02. The summed E-state index contributed by atoms with van der Waals surface area (Å²) in [5, 5.41) is 0.280. The minimum Gasteiger partial charge on any atom is -0.481 e. The topological polar surface area (TPSA) is 22.1 Å². The van der Waals surface area contributed by atoms with Crippen molar-refractivity contribution in [1.29, 1.82) is 0 Å². The van der Waals surface area contributed by atoms with Crippen LogP contribution in [0.4, 0.5) is 8.78 Å². The summed E-state index contributed by atoms with van der Waals surface area (Å²) in [6.45, 7) is 0. The Morgan fingerprint density at radius 3 is 2.64 bits per heavy atom. The minimum atomic E-state index is -2.55. The molecule has 14 heavy (non-hydrogen) atoms. The van der Waals surface area contributed by atoms with Crippen LogP contribution in [0.25, 0.3) is 0 Å². The van der Waals surface area contributed by atoms with E-state index in [9.17, 15) is 8.78 Å². The molecule has 1 aromatic heterocycles. The van der Waals surface area contributed by atoms with Crippen LogP contribution in [-0.4, -0.2) is 12.1 Å². The first kappa shape index (κ1) is 11.8. The zero-order valence-corrected chi connectivity index (χ0v) is 10.4. The Hall–Kier alpha value is -0.230. The van der Waals surface area contributed by atoms with Crippen LogP contribution >= 0.6 is 31.9 Å². The van der Waals surface area contributed by atoms with Crippen LogP contribution in [0, 0.1) is 0 Å². The van der Waals surface area contributed by atoms with E-state index in [4.69, 9.17) is 4.74 Å². The monoisotopic (exact) mass is 329 g/mol. The van der Waals surface area contributed by atoms with E-state index in [1.165, 1.54) is 13.3 Å². The number of aromatic nitrogens is 1. The maximum Gasteiger partial charge on any atom is 0.265 e. The highest BCUT2D eigenvalue weighted by molar-refractivity contribution is 9.10. The molecule has 0 aromatic carbocycles. The molecule has 0 amide bonds. The molecule has 0 bridgehead atoms. The van der Waals surface area contributed by atoms with Crippen molar-refractivity contribution in [2.24, 2.45) is 0 Å². The molecular weight excluding hydrogens is 324 g/mol. The fraction of sp³-hybridized carbons (Fsp3) is 0.375. The second-order valence-corrected chi connectivity index (χ2v) is 3.86. The zero-order chi connectivity index (χ0) is 10.7. The van der Waals surface area contributed by atoms with Gasteiger partial charge in [0.05, 0.1) is 7.11 Å². The summed E-state index contributed by atoms with van der Waals surface area (Å²) in [7, 11) is 1.40. The number of rotatable bonds is 3. The highest BCUT2D eigenvalue weighted by atomic mass is 79.9. The molecule has 0 saturated carbocycles. The highest BCUT2D eigenvalue weighted by Gasteiger charge is 2.20. The van der Waals surface area contributed by atoms with E-state index in [2.05, 4.69) is 36.8 Å². The third kappa shape index (κ3) is 2.23. The average molecular weight is 331 g/mol. The summed E-state index contributed by atoms with van der Waals surface area (Å²) in [5.74, 6) is 0.223. The SMILES string of the molecule is COc1ncc(Br)c(C(F)F)c1CBr. The largest absolute Gasteiger partial charge is 0.481 e. The van der Waals surface area contributed by atoms with E-state index in [-0.39, 0.29) is 16.8 Å². The van der Waals surface area contributed by atoms with E-state index >= 15 is 0 Å². The fourth-order valence-corrected chi connectivity index (χ4v) is 2.12. The summed E-state index contributed by atoms with van der Waals surface area (Å²) < 4.78 is 30.5. The highest BCUT2D eigenvalue weighted by Crippen LogP contribution is 2.35. The van der Waals surface area contributed by atoms with Crippen molar-refractivity contribution >= 4 is 31.9 Å². The number of nitrogens with zero attached hydrogens (tertiary/aromatic N) is 1. The lowest BCUT2D eigenvalue weighted by Crippen LogP contribution is -2.00. The molecule has 0 N–H and O–H groups in total. The summed E-state index contributed by atoms with van der Waals surface area (Å²) in [5.41, 5.74) is 0.297. The van der Waals surface area contributed by atoms with Crippen LogP contribution in [0.1, 0.15) is 17.6 Å². The van der Waals surface area contributed by atoms with Gasteiger partial charge in [-0.2, -0.15) is 0 Å². The Morgan fingerprint density at radius 2 is 2.21 bits per heavy atom. The van der Waals surface area contributed by atoms with Crippen molar-refractivity contribution in [3.63, 3.8) is 0 Å². The van der Waals surface area contributed by atoms with Gasteiger partial charge in [-0.15, -0.1) is 0 Å². The molecule has 0 aliphatic heterocycles. The van der Waals surface area contributed by atoms with E-state index in [0.717, 1.165) is 0 Å². The molecule has 0 fully saturated rings. The second-order valence-electron chi connectivity index (χ2n) is 2.44. The fourth-order valence-electron chi connectivity index (χ4n) is 1.06. The molecule has 0 aliphatic carbocycles. The number of halogens is 4. The Labute approximate surface area is 96.9 Å². The Kier molecular flexibility index (Phi) is 4.25. The summed E-state index contributed by atoms with van der Waals surface area (Å²) in [6, 6.07) is 0. The minimum absolute atomic E-state index is 0.0753. The molecule has 0 unspecified atom stereocenters. The molecule has 0 spiro atoms. The van der Waals surface area contributed by atoms with Gasteiger partial charge in [-0.05, 0) is 15.9 Å². The van der Waals surface area contributed by atoms with Gasteiger partial charge >= 0.3 is 0 Å². The molecule has 0 radical (unpaired) electrons. The predicted molar refractivity (Wildman–Crippen MR) is 56.1 cm³/mol. The smallest absolute Gasteiger partial charge is 0.265 e. The molecule has 1 heterocycles. The number of alkyl halides is 3. The molecule has 0 aliphatic rings. The number of hydrogen-bond acceptors (Lipinski definition) is 2. The molecule has 78 valence electrons. The van der Waals surface area contributed by atoms with Gasteiger partial charge in [0.25, 0.3) is 6.43 Å². The molecule has 1 rings (SSSR count). The maximum atomic E-state index is 12.7. The van der Waals surface area contributed by atoms with Gasteiger partial charge < -0.3 is 4.74 Å². The average Bonchev–Trinajstić information content (AvgIpc) is 2.16.